The molecule has 1 aliphatic heterocycles. The van der Waals surface area contributed by atoms with Gasteiger partial charge in [-0.15, -0.1) is 0 Å². The second kappa shape index (κ2) is 8.09. The number of piperidine rings is 1. The molecule has 3 rings (SSSR count). The Morgan fingerprint density at radius 2 is 2.16 bits per heavy atom. The first-order chi connectivity index (χ1) is 12.1. The smallest absolute Gasteiger partial charge is 0.279 e. The third-order valence-corrected chi connectivity index (χ3v) is 5.80. The third kappa shape index (κ3) is 4.66. The molecule has 0 saturated carbocycles. The lowest BCUT2D eigenvalue weighted by molar-refractivity contribution is 0.118. The van der Waals surface area contributed by atoms with Crippen molar-refractivity contribution >= 4 is 10.2 Å². The first-order valence-electron chi connectivity index (χ1n) is 8.33. The van der Waals surface area contributed by atoms with E-state index in [9.17, 15) is 8.42 Å². The van der Waals surface area contributed by atoms with E-state index >= 15 is 0 Å². The van der Waals surface area contributed by atoms with Crippen LogP contribution in [0.15, 0.2) is 40.9 Å². The molecule has 0 bridgehead atoms. The van der Waals surface area contributed by atoms with Crippen LogP contribution in [0.2, 0.25) is 0 Å². The fourth-order valence-electron chi connectivity index (χ4n) is 3.01. The summed E-state index contributed by atoms with van der Waals surface area (Å²) in [7, 11) is -1.91. The molecule has 1 saturated heterocycles. The number of aromatic nitrogens is 1. The van der Waals surface area contributed by atoms with Gasteiger partial charge in [0.15, 0.2) is 5.76 Å². The highest BCUT2D eigenvalue weighted by atomic mass is 32.2. The number of benzene rings is 1. The van der Waals surface area contributed by atoms with Crippen LogP contribution in [0.1, 0.15) is 18.6 Å². The van der Waals surface area contributed by atoms with Crippen molar-refractivity contribution in [1.82, 2.24) is 14.2 Å². The van der Waals surface area contributed by atoms with Crippen molar-refractivity contribution in [3.8, 4) is 11.3 Å². The molecule has 0 aliphatic carbocycles. The van der Waals surface area contributed by atoms with Gasteiger partial charge in [0.25, 0.3) is 10.2 Å². The maximum absolute atomic E-state index is 12.5. The van der Waals surface area contributed by atoms with Crippen molar-refractivity contribution in [1.29, 1.82) is 0 Å². The second-order valence-corrected chi connectivity index (χ2v) is 7.95. The first-order valence-corrected chi connectivity index (χ1v) is 9.77. The maximum Gasteiger partial charge on any atom is 0.279 e. The van der Waals surface area contributed by atoms with Crippen LogP contribution in [0.5, 0.6) is 0 Å². The summed E-state index contributed by atoms with van der Waals surface area (Å²) in [5.74, 6) is 0.721. The molecular weight excluding hydrogens is 342 g/mol. The van der Waals surface area contributed by atoms with Gasteiger partial charge in [-0.05, 0) is 18.8 Å². The summed E-state index contributed by atoms with van der Waals surface area (Å²) in [5.41, 5.74) is 1.62. The van der Waals surface area contributed by atoms with E-state index in [2.05, 4.69) is 9.88 Å². The molecule has 1 aliphatic rings. The topological polar surface area (TPSA) is 84.7 Å². The normalized spacial score (nSPS) is 19.2. The first kappa shape index (κ1) is 18.1. The van der Waals surface area contributed by atoms with Crippen LogP contribution >= 0.6 is 0 Å². The molecule has 1 atom stereocenters. The Balaban J connectivity index is 1.60. The summed E-state index contributed by atoms with van der Waals surface area (Å²) in [6.45, 7) is 1.66. The van der Waals surface area contributed by atoms with Gasteiger partial charge in [0.05, 0.1) is 13.2 Å². The molecular formula is C17H23N3O4S. The minimum atomic E-state index is -3.55. The summed E-state index contributed by atoms with van der Waals surface area (Å²) in [5, 5.41) is 4.00. The summed E-state index contributed by atoms with van der Waals surface area (Å²) >= 11 is 0. The van der Waals surface area contributed by atoms with Gasteiger partial charge in [-0.25, -0.2) is 0 Å². The van der Waals surface area contributed by atoms with Crippen LogP contribution in [-0.2, 0) is 21.5 Å². The molecule has 8 heteroatoms. The summed E-state index contributed by atoms with van der Waals surface area (Å²) in [6, 6.07) is 11.4. The fourth-order valence-corrected chi connectivity index (χ4v) is 4.30. The Morgan fingerprint density at radius 3 is 2.92 bits per heavy atom. The van der Waals surface area contributed by atoms with Gasteiger partial charge in [-0.2, -0.15) is 17.4 Å². The molecule has 1 fully saturated rings. The SMILES string of the molecule is COCC1CCCN(S(=O)(=O)NCc2cc(-c3ccccc3)no2)C1. The lowest BCUT2D eigenvalue weighted by Crippen LogP contribution is -2.46. The molecule has 1 unspecified atom stereocenters. The predicted molar refractivity (Wildman–Crippen MR) is 93.9 cm³/mol. The van der Waals surface area contributed by atoms with E-state index < -0.39 is 10.2 Å². The minimum Gasteiger partial charge on any atom is -0.384 e. The third-order valence-electron chi connectivity index (χ3n) is 4.28. The van der Waals surface area contributed by atoms with Gasteiger partial charge in [0.2, 0.25) is 0 Å². The standard InChI is InChI=1S/C17H23N3O4S/c1-23-13-14-6-5-9-20(12-14)25(21,22)18-11-16-10-17(19-24-16)15-7-3-2-4-8-15/h2-4,7-8,10,14,18H,5-6,9,11-13H2,1H3. The number of hydrogen-bond donors (Lipinski definition) is 1. The van der Waals surface area contributed by atoms with Crippen molar-refractivity contribution in [2.75, 3.05) is 26.8 Å². The van der Waals surface area contributed by atoms with Gasteiger partial charge in [0, 0.05) is 31.8 Å². The van der Waals surface area contributed by atoms with Gasteiger partial charge < -0.3 is 9.26 Å². The van der Waals surface area contributed by atoms with E-state index in [1.54, 1.807) is 13.2 Å². The van der Waals surface area contributed by atoms with Crippen LogP contribution < -0.4 is 4.72 Å². The van der Waals surface area contributed by atoms with Crippen molar-refractivity contribution in [2.24, 2.45) is 5.92 Å². The average molecular weight is 365 g/mol. The van der Waals surface area contributed by atoms with Gasteiger partial charge in [0.1, 0.15) is 5.69 Å². The zero-order chi connectivity index (χ0) is 17.7. The van der Waals surface area contributed by atoms with Gasteiger partial charge in [-0.3, -0.25) is 0 Å². The second-order valence-electron chi connectivity index (χ2n) is 6.19. The van der Waals surface area contributed by atoms with E-state index in [0.29, 0.717) is 31.2 Å². The van der Waals surface area contributed by atoms with Crippen molar-refractivity contribution in [2.45, 2.75) is 19.4 Å². The average Bonchev–Trinajstić information content (AvgIpc) is 3.11. The maximum atomic E-state index is 12.5. The van der Waals surface area contributed by atoms with E-state index in [-0.39, 0.29) is 12.5 Å². The molecule has 2 heterocycles. The van der Waals surface area contributed by atoms with Crippen molar-refractivity contribution in [3.63, 3.8) is 0 Å². The zero-order valence-corrected chi connectivity index (χ0v) is 15.0. The highest BCUT2D eigenvalue weighted by Gasteiger charge is 2.28. The molecule has 0 spiro atoms. The van der Waals surface area contributed by atoms with Crippen molar-refractivity contribution in [3.05, 3.63) is 42.2 Å². The summed E-state index contributed by atoms with van der Waals surface area (Å²) in [4.78, 5) is 0. The Hall–Kier alpha value is -1.74. The highest BCUT2D eigenvalue weighted by Crippen LogP contribution is 2.20. The Bertz CT molecular complexity index is 774. The van der Waals surface area contributed by atoms with Crippen LogP contribution in [-0.4, -0.2) is 44.7 Å². The molecule has 136 valence electrons. The fraction of sp³-hybridized carbons (Fsp3) is 0.471. The Morgan fingerprint density at radius 1 is 1.36 bits per heavy atom. The predicted octanol–water partition coefficient (Wildman–Crippen LogP) is 2.03. The van der Waals surface area contributed by atoms with Gasteiger partial charge in [-0.1, -0.05) is 35.5 Å². The molecule has 2 aromatic rings. The highest BCUT2D eigenvalue weighted by molar-refractivity contribution is 7.87. The van der Waals surface area contributed by atoms with Gasteiger partial charge >= 0.3 is 0 Å². The molecule has 1 N–H and O–H groups in total. The molecule has 25 heavy (non-hydrogen) atoms. The minimum absolute atomic E-state index is 0.0770. The van der Waals surface area contributed by atoms with E-state index in [1.165, 1.54) is 4.31 Å². The zero-order valence-electron chi connectivity index (χ0n) is 14.2. The quantitative estimate of drug-likeness (QED) is 0.812. The van der Waals surface area contributed by atoms with E-state index in [0.717, 1.165) is 18.4 Å². The van der Waals surface area contributed by atoms with Crippen LogP contribution in [0.25, 0.3) is 11.3 Å². The number of ether oxygens (including phenoxy) is 1. The van der Waals surface area contributed by atoms with E-state index in [1.807, 2.05) is 30.3 Å². The summed E-state index contributed by atoms with van der Waals surface area (Å²) in [6.07, 6.45) is 1.83. The molecule has 0 radical (unpaired) electrons. The molecule has 1 aromatic heterocycles. The number of nitrogens with one attached hydrogen (secondary N) is 1. The Kier molecular flexibility index (Phi) is 5.85. The molecule has 0 amide bonds. The lowest BCUT2D eigenvalue weighted by Gasteiger charge is -2.31. The number of methoxy groups -OCH3 is 1. The number of rotatable bonds is 7. The Labute approximate surface area is 148 Å². The van der Waals surface area contributed by atoms with Crippen LogP contribution in [0, 0.1) is 5.92 Å². The van der Waals surface area contributed by atoms with Crippen LogP contribution in [0.4, 0.5) is 0 Å². The number of hydrogen-bond acceptors (Lipinski definition) is 5. The monoisotopic (exact) mass is 365 g/mol. The van der Waals surface area contributed by atoms with E-state index in [4.69, 9.17) is 9.26 Å². The molecule has 7 nitrogen and oxygen atoms in total. The largest absolute Gasteiger partial charge is 0.384 e. The van der Waals surface area contributed by atoms with Crippen LogP contribution in [0.3, 0.4) is 0 Å². The number of nitrogens with zero attached hydrogens (tertiary/aromatic N) is 2. The summed E-state index contributed by atoms with van der Waals surface area (Å²) < 4.78 is 39.5. The van der Waals surface area contributed by atoms with Crippen molar-refractivity contribution < 1.29 is 17.7 Å². The molecule has 1 aromatic carbocycles. The lowest BCUT2D eigenvalue weighted by atomic mass is 10.0.